The molecule has 0 radical (unpaired) electrons. The van der Waals surface area contributed by atoms with Gasteiger partial charge in [0, 0.05) is 0 Å². The van der Waals surface area contributed by atoms with Gasteiger partial charge in [0.25, 0.3) is 0 Å². The summed E-state index contributed by atoms with van der Waals surface area (Å²) in [6.07, 6.45) is 1.23. The lowest BCUT2D eigenvalue weighted by molar-refractivity contribution is -0.119. The van der Waals surface area contributed by atoms with E-state index in [9.17, 15) is 4.79 Å². The zero-order chi connectivity index (χ0) is 10.0. The van der Waals surface area contributed by atoms with Crippen molar-refractivity contribution >= 4 is 5.78 Å². The summed E-state index contributed by atoms with van der Waals surface area (Å²) >= 11 is 0. The van der Waals surface area contributed by atoms with Gasteiger partial charge in [-0.15, -0.1) is 0 Å². The normalized spacial score (nSPS) is 34.1. The van der Waals surface area contributed by atoms with Crippen LogP contribution in [0.15, 0.2) is 0 Å². The first kappa shape index (κ1) is 10.7. The molecule has 3 atom stereocenters. The molecule has 0 aromatic carbocycles. The zero-order valence-corrected chi connectivity index (χ0v) is 9.13. The van der Waals surface area contributed by atoms with E-state index < -0.39 is 0 Å². The summed E-state index contributed by atoms with van der Waals surface area (Å²) in [5, 5.41) is 3.31. The highest BCUT2D eigenvalue weighted by Crippen LogP contribution is 2.27. The summed E-state index contributed by atoms with van der Waals surface area (Å²) in [4.78, 5) is 11.2. The van der Waals surface area contributed by atoms with E-state index in [0.29, 0.717) is 17.6 Å². The first-order chi connectivity index (χ1) is 6.02. The Kier molecular flexibility index (Phi) is 3.48. The summed E-state index contributed by atoms with van der Waals surface area (Å²) in [7, 11) is 0. The van der Waals surface area contributed by atoms with Crippen LogP contribution in [0.4, 0.5) is 0 Å². The van der Waals surface area contributed by atoms with E-state index in [1.165, 1.54) is 6.42 Å². The number of hydrogen-bond donors (Lipinski definition) is 1. The van der Waals surface area contributed by atoms with Crippen LogP contribution in [0.5, 0.6) is 0 Å². The fourth-order valence-corrected chi connectivity index (χ4v) is 2.34. The summed E-state index contributed by atoms with van der Waals surface area (Å²) in [6.45, 7) is 9.39. The van der Waals surface area contributed by atoms with E-state index in [-0.39, 0.29) is 6.04 Å². The van der Waals surface area contributed by atoms with Crippen LogP contribution in [0.1, 0.15) is 34.1 Å². The Morgan fingerprint density at radius 2 is 2.15 bits per heavy atom. The minimum absolute atomic E-state index is 0.115. The number of Topliss-reactive ketones (excluding diaryl/α,β-unsaturated/α-hetero) is 1. The number of carbonyl (C=O) groups is 1. The SMILES string of the molecule is CC(=O)[C@H]1NC[C@H](CC(C)C)[C@@H]1C. The van der Waals surface area contributed by atoms with Crippen molar-refractivity contribution in [2.45, 2.75) is 40.2 Å². The van der Waals surface area contributed by atoms with Crippen molar-refractivity contribution in [3.8, 4) is 0 Å². The number of carbonyl (C=O) groups excluding carboxylic acids is 1. The van der Waals surface area contributed by atoms with Crippen molar-refractivity contribution in [1.29, 1.82) is 0 Å². The lowest BCUT2D eigenvalue weighted by Crippen LogP contribution is -2.33. The quantitative estimate of drug-likeness (QED) is 0.723. The molecule has 2 nitrogen and oxygen atoms in total. The summed E-state index contributed by atoms with van der Waals surface area (Å²) < 4.78 is 0. The van der Waals surface area contributed by atoms with Crippen LogP contribution >= 0.6 is 0 Å². The Morgan fingerprint density at radius 3 is 2.54 bits per heavy atom. The second-order valence-corrected chi connectivity index (χ2v) is 4.75. The highest BCUT2D eigenvalue weighted by molar-refractivity contribution is 5.82. The van der Waals surface area contributed by atoms with Gasteiger partial charge in [0.15, 0.2) is 0 Å². The van der Waals surface area contributed by atoms with Crippen LogP contribution in [0.2, 0.25) is 0 Å². The fourth-order valence-electron chi connectivity index (χ4n) is 2.34. The Hall–Kier alpha value is -0.370. The Morgan fingerprint density at radius 1 is 1.54 bits per heavy atom. The van der Waals surface area contributed by atoms with Crippen molar-refractivity contribution in [1.82, 2.24) is 5.32 Å². The molecule has 1 N–H and O–H groups in total. The molecule has 0 aliphatic carbocycles. The standard InChI is InChI=1S/C11H21NO/c1-7(2)5-10-6-12-11(8(10)3)9(4)13/h7-8,10-12H,5-6H2,1-4H3/t8-,10-,11-/m0/s1. The number of ketones is 1. The third-order valence-corrected chi connectivity index (χ3v) is 3.08. The molecule has 0 spiro atoms. The number of hydrogen-bond acceptors (Lipinski definition) is 2. The van der Waals surface area contributed by atoms with E-state index in [1.54, 1.807) is 6.92 Å². The van der Waals surface area contributed by atoms with Crippen molar-refractivity contribution < 1.29 is 4.79 Å². The zero-order valence-electron chi connectivity index (χ0n) is 9.13. The molecule has 2 heteroatoms. The van der Waals surface area contributed by atoms with Gasteiger partial charge >= 0.3 is 0 Å². The molecule has 0 unspecified atom stereocenters. The minimum atomic E-state index is 0.115. The average Bonchev–Trinajstić information content (AvgIpc) is 2.32. The molecule has 1 aliphatic heterocycles. The Balaban J connectivity index is 2.50. The lowest BCUT2D eigenvalue weighted by atomic mass is 9.85. The highest BCUT2D eigenvalue weighted by Gasteiger charge is 2.34. The van der Waals surface area contributed by atoms with Gasteiger partial charge in [-0.2, -0.15) is 0 Å². The third kappa shape index (κ3) is 2.53. The summed E-state index contributed by atoms with van der Waals surface area (Å²) in [6, 6.07) is 0.115. The van der Waals surface area contributed by atoms with Crippen LogP contribution < -0.4 is 5.32 Å². The monoisotopic (exact) mass is 183 g/mol. The van der Waals surface area contributed by atoms with Crippen molar-refractivity contribution in [3.63, 3.8) is 0 Å². The number of nitrogens with one attached hydrogen (secondary N) is 1. The maximum Gasteiger partial charge on any atom is 0.146 e. The largest absolute Gasteiger partial charge is 0.307 e. The van der Waals surface area contributed by atoms with Crippen LogP contribution in [0.25, 0.3) is 0 Å². The number of rotatable bonds is 3. The lowest BCUT2D eigenvalue weighted by Gasteiger charge is -2.19. The van der Waals surface area contributed by atoms with Crippen molar-refractivity contribution in [3.05, 3.63) is 0 Å². The summed E-state index contributed by atoms with van der Waals surface area (Å²) in [5.41, 5.74) is 0. The Labute approximate surface area is 81.1 Å². The van der Waals surface area contributed by atoms with Crippen LogP contribution in [-0.4, -0.2) is 18.4 Å². The van der Waals surface area contributed by atoms with Gasteiger partial charge in [0.05, 0.1) is 6.04 Å². The van der Waals surface area contributed by atoms with Crippen molar-refractivity contribution in [2.75, 3.05) is 6.54 Å². The molecular formula is C11H21NO. The van der Waals surface area contributed by atoms with Gasteiger partial charge in [-0.1, -0.05) is 20.8 Å². The first-order valence-corrected chi connectivity index (χ1v) is 5.26. The second kappa shape index (κ2) is 4.23. The molecule has 0 saturated carbocycles. The average molecular weight is 183 g/mol. The van der Waals surface area contributed by atoms with E-state index >= 15 is 0 Å². The molecule has 1 aliphatic rings. The molecule has 76 valence electrons. The van der Waals surface area contributed by atoms with Gasteiger partial charge in [-0.05, 0) is 37.6 Å². The fraction of sp³-hybridized carbons (Fsp3) is 0.909. The van der Waals surface area contributed by atoms with Gasteiger partial charge in [0.2, 0.25) is 0 Å². The molecule has 1 fully saturated rings. The first-order valence-electron chi connectivity index (χ1n) is 5.26. The predicted octanol–water partition coefficient (Wildman–Crippen LogP) is 1.85. The molecule has 13 heavy (non-hydrogen) atoms. The molecule has 0 aromatic rings. The predicted molar refractivity (Wildman–Crippen MR) is 54.6 cm³/mol. The smallest absolute Gasteiger partial charge is 0.146 e. The maximum atomic E-state index is 11.2. The minimum Gasteiger partial charge on any atom is -0.307 e. The van der Waals surface area contributed by atoms with Crippen LogP contribution in [-0.2, 0) is 4.79 Å². The van der Waals surface area contributed by atoms with Gasteiger partial charge < -0.3 is 5.32 Å². The molecular weight excluding hydrogens is 162 g/mol. The van der Waals surface area contributed by atoms with Gasteiger partial charge in [0.1, 0.15) is 5.78 Å². The molecule has 0 aromatic heterocycles. The third-order valence-electron chi connectivity index (χ3n) is 3.08. The molecule has 0 bridgehead atoms. The topological polar surface area (TPSA) is 29.1 Å². The molecule has 0 amide bonds. The van der Waals surface area contributed by atoms with Crippen molar-refractivity contribution in [2.24, 2.45) is 17.8 Å². The van der Waals surface area contributed by atoms with E-state index in [4.69, 9.17) is 0 Å². The summed E-state index contributed by atoms with van der Waals surface area (Å²) in [5.74, 6) is 2.23. The van der Waals surface area contributed by atoms with E-state index in [0.717, 1.165) is 12.5 Å². The van der Waals surface area contributed by atoms with Gasteiger partial charge in [-0.25, -0.2) is 0 Å². The molecule has 1 heterocycles. The van der Waals surface area contributed by atoms with Crippen LogP contribution in [0.3, 0.4) is 0 Å². The molecule has 1 rings (SSSR count). The Bertz CT molecular complexity index is 189. The van der Waals surface area contributed by atoms with Gasteiger partial charge in [-0.3, -0.25) is 4.79 Å². The molecule has 1 saturated heterocycles. The van der Waals surface area contributed by atoms with E-state index in [2.05, 4.69) is 26.1 Å². The second-order valence-electron chi connectivity index (χ2n) is 4.75. The highest BCUT2D eigenvalue weighted by atomic mass is 16.1. The van der Waals surface area contributed by atoms with Crippen LogP contribution in [0, 0.1) is 17.8 Å². The van der Waals surface area contributed by atoms with E-state index in [1.807, 2.05) is 0 Å². The maximum absolute atomic E-state index is 11.2.